The Bertz CT molecular complexity index is 1230. The summed E-state index contributed by atoms with van der Waals surface area (Å²) in [6, 6.07) is -1.56. The number of β-lactam (4-membered cyclic amide) rings is 1. The highest BCUT2D eigenvalue weighted by Crippen LogP contribution is 2.21. The number of amides is 4. The van der Waals surface area contributed by atoms with Gasteiger partial charge >= 0.3 is 18.2 Å². The molecule has 0 bridgehead atoms. The number of carbonyl (C=O) groups is 5. The third-order valence-electron chi connectivity index (χ3n) is 5.39. The van der Waals surface area contributed by atoms with Gasteiger partial charge in [0.05, 0.1) is 12.6 Å². The maximum atomic E-state index is 13.4. The SMILES string of the molecule is CC(C)(C)OC(=O)Nc1nc(C(=NOC(C)(C)C(=O)OC(C)(C)C)C(=O)N[C@@H]2C(=O)N[C@@H]2CN2CCOC2=O)cs1. The quantitative estimate of drug-likeness (QED) is 0.125. The van der Waals surface area contributed by atoms with Gasteiger partial charge in [0.25, 0.3) is 5.91 Å². The number of carbonyl (C=O) groups excluding carboxylic acids is 5. The third-order valence-corrected chi connectivity index (χ3v) is 6.14. The Balaban J connectivity index is 1.82. The van der Waals surface area contributed by atoms with E-state index in [0.29, 0.717) is 6.54 Å². The van der Waals surface area contributed by atoms with Crippen LogP contribution in [-0.4, -0.2) is 94.1 Å². The van der Waals surface area contributed by atoms with Gasteiger partial charge in [-0.15, -0.1) is 11.3 Å². The number of oxime groups is 1. The molecule has 15 nitrogen and oxygen atoms in total. The lowest BCUT2D eigenvalue weighted by atomic mass is 9.98. The standard InChI is InChI=1S/C25H36N6O9S/c1-23(2,3)38-19(34)25(7,8)40-30-16(14-12-41-20(27-14)29-21(35)39-24(4,5)6)18(33)28-15-13(26-17(15)32)11-31-9-10-37-22(31)36/h12-13,15H,9-11H2,1-8H3,(H,26,32)(H,28,33)(H,27,29,35)/t13-,15+/m1/s1. The van der Waals surface area contributed by atoms with Crippen molar-refractivity contribution in [2.75, 3.05) is 25.0 Å². The molecule has 0 spiro atoms. The van der Waals surface area contributed by atoms with Gasteiger partial charge in [-0.2, -0.15) is 0 Å². The largest absolute Gasteiger partial charge is 0.457 e. The molecule has 0 saturated carbocycles. The summed E-state index contributed by atoms with van der Waals surface area (Å²) in [6.07, 6.45) is -1.26. The van der Waals surface area contributed by atoms with Crippen molar-refractivity contribution in [1.29, 1.82) is 0 Å². The Morgan fingerprint density at radius 1 is 1.12 bits per heavy atom. The van der Waals surface area contributed by atoms with Crippen LogP contribution in [0, 0.1) is 0 Å². The molecule has 2 aliphatic heterocycles. The summed E-state index contributed by atoms with van der Waals surface area (Å²) in [5.74, 6) is -2.03. The van der Waals surface area contributed by atoms with E-state index in [1.54, 1.807) is 41.5 Å². The first-order valence-corrected chi connectivity index (χ1v) is 13.7. The van der Waals surface area contributed by atoms with E-state index in [-0.39, 0.29) is 29.7 Å². The maximum Gasteiger partial charge on any atom is 0.413 e. The number of aromatic nitrogens is 1. The molecule has 3 rings (SSSR count). The zero-order chi connectivity index (χ0) is 30.8. The highest BCUT2D eigenvalue weighted by Gasteiger charge is 2.44. The van der Waals surface area contributed by atoms with Crippen LogP contribution in [0.5, 0.6) is 0 Å². The maximum absolute atomic E-state index is 13.4. The number of esters is 1. The Kier molecular flexibility index (Phi) is 9.15. The van der Waals surface area contributed by atoms with Crippen LogP contribution >= 0.6 is 11.3 Å². The van der Waals surface area contributed by atoms with Crippen molar-refractivity contribution in [1.82, 2.24) is 20.5 Å². The average molecular weight is 597 g/mol. The summed E-state index contributed by atoms with van der Waals surface area (Å²) in [5, 5.41) is 13.2. The fourth-order valence-corrected chi connectivity index (χ4v) is 4.11. The highest BCUT2D eigenvalue weighted by molar-refractivity contribution is 7.14. The summed E-state index contributed by atoms with van der Waals surface area (Å²) in [5.41, 5.74) is -3.51. The summed E-state index contributed by atoms with van der Waals surface area (Å²) < 4.78 is 15.5. The van der Waals surface area contributed by atoms with Gasteiger partial charge in [-0.05, 0) is 55.4 Å². The molecule has 16 heteroatoms. The van der Waals surface area contributed by atoms with E-state index in [1.165, 1.54) is 24.1 Å². The second-order valence-electron chi connectivity index (χ2n) is 11.8. The van der Waals surface area contributed by atoms with Crippen LogP contribution in [0.1, 0.15) is 61.1 Å². The van der Waals surface area contributed by atoms with E-state index < -0.39 is 58.9 Å². The molecule has 3 heterocycles. The number of hydrogen-bond acceptors (Lipinski definition) is 12. The molecule has 226 valence electrons. The van der Waals surface area contributed by atoms with Crippen LogP contribution < -0.4 is 16.0 Å². The smallest absolute Gasteiger partial charge is 0.413 e. The molecule has 0 aromatic carbocycles. The van der Waals surface area contributed by atoms with Crippen LogP contribution in [0.3, 0.4) is 0 Å². The van der Waals surface area contributed by atoms with Crippen molar-refractivity contribution in [3.63, 3.8) is 0 Å². The minimum atomic E-state index is -1.60. The second-order valence-corrected chi connectivity index (χ2v) is 12.7. The first kappa shape index (κ1) is 31.6. The third kappa shape index (κ3) is 8.77. The number of hydrogen-bond donors (Lipinski definition) is 3. The van der Waals surface area contributed by atoms with Gasteiger partial charge in [0.15, 0.2) is 10.8 Å². The molecule has 2 atom stereocenters. The number of ether oxygens (including phenoxy) is 3. The van der Waals surface area contributed by atoms with E-state index in [1.807, 2.05) is 0 Å². The predicted octanol–water partition coefficient (Wildman–Crippen LogP) is 1.77. The van der Waals surface area contributed by atoms with E-state index in [4.69, 9.17) is 19.0 Å². The molecule has 3 N–H and O–H groups in total. The molecule has 4 amide bonds. The van der Waals surface area contributed by atoms with Crippen molar-refractivity contribution in [2.24, 2.45) is 5.16 Å². The summed E-state index contributed by atoms with van der Waals surface area (Å²) in [7, 11) is 0. The lowest BCUT2D eigenvalue weighted by Crippen LogP contribution is -2.72. The Morgan fingerprint density at radius 2 is 1.78 bits per heavy atom. The summed E-state index contributed by atoms with van der Waals surface area (Å²) in [4.78, 5) is 73.5. The van der Waals surface area contributed by atoms with Crippen LogP contribution in [0.4, 0.5) is 14.7 Å². The lowest BCUT2D eigenvalue weighted by Gasteiger charge is -2.38. The van der Waals surface area contributed by atoms with E-state index in [9.17, 15) is 24.0 Å². The van der Waals surface area contributed by atoms with Gasteiger partial charge in [-0.1, -0.05) is 5.16 Å². The zero-order valence-corrected chi connectivity index (χ0v) is 25.1. The number of anilines is 1. The molecule has 1 aromatic rings. The number of nitrogens with zero attached hydrogens (tertiary/aromatic N) is 3. The van der Waals surface area contributed by atoms with E-state index in [0.717, 1.165) is 11.3 Å². The Hall–Kier alpha value is -3.95. The van der Waals surface area contributed by atoms with Gasteiger partial charge < -0.3 is 34.6 Å². The first-order valence-electron chi connectivity index (χ1n) is 12.8. The van der Waals surface area contributed by atoms with Gasteiger partial charge in [0, 0.05) is 11.9 Å². The minimum absolute atomic E-state index is 0.00190. The van der Waals surface area contributed by atoms with Crippen LogP contribution in [0.15, 0.2) is 10.5 Å². The van der Waals surface area contributed by atoms with Gasteiger partial charge in [-0.3, -0.25) is 14.9 Å². The Labute approximate surface area is 241 Å². The molecule has 0 unspecified atom stereocenters. The predicted molar refractivity (Wildman–Crippen MR) is 146 cm³/mol. The molecule has 1 aromatic heterocycles. The normalized spacial score (nSPS) is 19.5. The summed E-state index contributed by atoms with van der Waals surface area (Å²) >= 11 is 0.990. The topological polar surface area (TPSA) is 187 Å². The fourth-order valence-electron chi connectivity index (χ4n) is 3.43. The molecule has 0 radical (unpaired) electrons. The molecule has 2 aliphatic rings. The minimum Gasteiger partial charge on any atom is -0.457 e. The average Bonchev–Trinajstić information content (AvgIpc) is 3.43. The van der Waals surface area contributed by atoms with Crippen molar-refractivity contribution in [2.45, 2.75) is 84.3 Å². The van der Waals surface area contributed by atoms with Gasteiger partial charge in [0.1, 0.15) is 29.5 Å². The van der Waals surface area contributed by atoms with Crippen LogP contribution in [0.2, 0.25) is 0 Å². The van der Waals surface area contributed by atoms with Crippen molar-refractivity contribution in [3.8, 4) is 0 Å². The van der Waals surface area contributed by atoms with Crippen LogP contribution in [0.25, 0.3) is 0 Å². The molecular weight excluding hydrogens is 560 g/mol. The monoisotopic (exact) mass is 596 g/mol. The van der Waals surface area contributed by atoms with E-state index >= 15 is 0 Å². The van der Waals surface area contributed by atoms with Crippen molar-refractivity contribution < 1.29 is 43.0 Å². The van der Waals surface area contributed by atoms with Gasteiger partial charge in [-0.25, -0.2) is 19.4 Å². The zero-order valence-electron chi connectivity index (χ0n) is 24.3. The fraction of sp³-hybridized carbons (Fsp3) is 0.640. The van der Waals surface area contributed by atoms with Crippen molar-refractivity contribution >= 4 is 52.2 Å². The number of nitrogens with one attached hydrogen (secondary N) is 3. The molecule has 2 fully saturated rings. The van der Waals surface area contributed by atoms with Gasteiger partial charge in [0.2, 0.25) is 11.5 Å². The summed E-state index contributed by atoms with van der Waals surface area (Å²) in [6.45, 7) is 13.8. The lowest BCUT2D eigenvalue weighted by molar-refractivity contribution is -0.179. The first-order chi connectivity index (χ1) is 18.8. The number of thiazole rings is 1. The van der Waals surface area contributed by atoms with Crippen LogP contribution in [-0.2, 0) is 33.4 Å². The number of rotatable bonds is 9. The molecular formula is C25H36N6O9S. The highest BCUT2D eigenvalue weighted by atomic mass is 32.1. The second kappa shape index (κ2) is 11.9. The van der Waals surface area contributed by atoms with E-state index in [2.05, 4.69) is 26.1 Å². The molecule has 2 saturated heterocycles. The molecule has 0 aliphatic carbocycles. The van der Waals surface area contributed by atoms with Crippen molar-refractivity contribution in [3.05, 3.63) is 11.1 Å². The molecule has 41 heavy (non-hydrogen) atoms. The Morgan fingerprint density at radius 3 is 2.34 bits per heavy atom. The number of cyclic esters (lactones) is 1.